The number of likely N-dealkylation sites (tertiary alicyclic amines) is 1. The Kier molecular flexibility index (Phi) is 6.88. The van der Waals surface area contributed by atoms with Crippen molar-refractivity contribution in [2.24, 2.45) is 5.92 Å². The van der Waals surface area contributed by atoms with Crippen molar-refractivity contribution in [1.29, 1.82) is 0 Å². The summed E-state index contributed by atoms with van der Waals surface area (Å²) in [7, 11) is 1.55. The maximum Gasteiger partial charge on any atom is 0.272 e. The van der Waals surface area contributed by atoms with Gasteiger partial charge in [0, 0.05) is 50.8 Å². The first-order valence-electron chi connectivity index (χ1n) is 13.1. The number of aromatic nitrogens is 3. The molecule has 2 aromatic heterocycles. The van der Waals surface area contributed by atoms with Gasteiger partial charge in [-0.3, -0.25) is 24.4 Å². The molecular formula is C27H30N8O3S. The van der Waals surface area contributed by atoms with Gasteiger partial charge in [-0.2, -0.15) is 5.10 Å². The summed E-state index contributed by atoms with van der Waals surface area (Å²) in [5.41, 5.74) is 2.63. The van der Waals surface area contributed by atoms with Crippen molar-refractivity contribution in [2.45, 2.75) is 6.42 Å². The number of nitrogens with zero attached hydrogens (tertiary/aromatic N) is 5. The Morgan fingerprint density at radius 1 is 1.08 bits per heavy atom. The van der Waals surface area contributed by atoms with E-state index in [0.29, 0.717) is 50.2 Å². The van der Waals surface area contributed by atoms with Crippen LogP contribution in [0.25, 0.3) is 21.1 Å². The lowest BCUT2D eigenvalue weighted by molar-refractivity contribution is -0.132. The lowest BCUT2D eigenvalue weighted by atomic mass is 10.1. The Bertz CT molecular complexity index is 1510. The zero-order chi connectivity index (χ0) is 26.9. The van der Waals surface area contributed by atoms with Crippen LogP contribution in [0, 0.1) is 5.92 Å². The van der Waals surface area contributed by atoms with Crippen molar-refractivity contribution < 1.29 is 14.4 Å². The van der Waals surface area contributed by atoms with Gasteiger partial charge in [0.1, 0.15) is 0 Å². The van der Waals surface area contributed by atoms with Gasteiger partial charge in [-0.05, 0) is 43.3 Å². The van der Waals surface area contributed by atoms with Crippen LogP contribution < -0.4 is 15.5 Å². The average molecular weight is 547 g/mol. The topological polar surface area (TPSA) is 127 Å². The first kappa shape index (κ1) is 25.3. The highest BCUT2D eigenvalue weighted by Gasteiger charge is 2.31. The molecule has 39 heavy (non-hydrogen) atoms. The van der Waals surface area contributed by atoms with Gasteiger partial charge in [0.15, 0.2) is 10.8 Å². The number of fused-ring (bicyclic) bond motifs is 2. The molecule has 0 unspecified atom stereocenters. The number of carbonyl (C=O) groups excluding carboxylic acids is 3. The van der Waals surface area contributed by atoms with E-state index < -0.39 is 0 Å². The third kappa shape index (κ3) is 5.17. The van der Waals surface area contributed by atoms with Gasteiger partial charge in [0.25, 0.3) is 5.91 Å². The summed E-state index contributed by atoms with van der Waals surface area (Å²) >= 11 is 1.69. The van der Waals surface area contributed by atoms with Crippen molar-refractivity contribution in [2.75, 3.05) is 63.1 Å². The number of hydrogen-bond acceptors (Lipinski definition) is 8. The number of carbonyl (C=O) groups is 3. The molecule has 4 heterocycles. The summed E-state index contributed by atoms with van der Waals surface area (Å²) in [5, 5.41) is 14.1. The molecule has 12 heteroatoms. The SMILES string of the molecule is CNC(=O)c1n[nH]c2ccc(NC(=O)[C@@H]3CCN(CC(=O)N4CCN(c5nc6ccccc6s5)CC4)C3)cc12. The summed E-state index contributed by atoms with van der Waals surface area (Å²) < 4.78 is 1.18. The number of anilines is 2. The Hall–Kier alpha value is -4.03. The number of aromatic amines is 1. The second-order valence-corrected chi connectivity index (χ2v) is 11.0. The van der Waals surface area contributed by atoms with Crippen LogP contribution >= 0.6 is 11.3 Å². The summed E-state index contributed by atoms with van der Waals surface area (Å²) in [6.45, 7) is 4.43. The molecule has 0 spiro atoms. The highest BCUT2D eigenvalue weighted by molar-refractivity contribution is 7.22. The van der Waals surface area contributed by atoms with Gasteiger partial charge in [-0.25, -0.2) is 4.98 Å². The molecule has 2 saturated heterocycles. The molecule has 1 atom stereocenters. The number of piperazine rings is 1. The molecule has 0 bridgehead atoms. The Morgan fingerprint density at radius 3 is 2.69 bits per heavy atom. The highest BCUT2D eigenvalue weighted by atomic mass is 32.1. The van der Waals surface area contributed by atoms with E-state index in [1.807, 2.05) is 23.1 Å². The minimum atomic E-state index is -0.293. The lowest BCUT2D eigenvalue weighted by Gasteiger charge is -2.35. The van der Waals surface area contributed by atoms with Crippen LogP contribution in [0.5, 0.6) is 0 Å². The van der Waals surface area contributed by atoms with E-state index in [2.05, 4.69) is 36.7 Å². The number of nitrogens with one attached hydrogen (secondary N) is 3. The normalized spacial score (nSPS) is 18.1. The van der Waals surface area contributed by atoms with Crippen LogP contribution in [-0.2, 0) is 9.59 Å². The number of para-hydroxylation sites is 1. The predicted octanol–water partition coefficient (Wildman–Crippen LogP) is 2.14. The number of amides is 3. The van der Waals surface area contributed by atoms with Gasteiger partial charge >= 0.3 is 0 Å². The molecule has 0 saturated carbocycles. The Labute approximate surface area is 229 Å². The molecule has 3 amide bonds. The van der Waals surface area contributed by atoms with E-state index in [9.17, 15) is 14.4 Å². The van der Waals surface area contributed by atoms with Crippen LogP contribution in [0.4, 0.5) is 10.8 Å². The molecule has 2 fully saturated rings. The number of H-pyrrole nitrogens is 1. The van der Waals surface area contributed by atoms with Crippen molar-refractivity contribution in [3.8, 4) is 0 Å². The molecule has 0 aliphatic carbocycles. The van der Waals surface area contributed by atoms with Gasteiger partial charge < -0.3 is 20.4 Å². The third-order valence-electron chi connectivity index (χ3n) is 7.46. The Balaban J connectivity index is 0.998. The van der Waals surface area contributed by atoms with Gasteiger partial charge in [-0.15, -0.1) is 0 Å². The molecule has 202 valence electrons. The quantitative estimate of drug-likeness (QED) is 0.338. The first-order valence-corrected chi connectivity index (χ1v) is 13.9. The number of rotatable bonds is 6. The van der Waals surface area contributed by atoms with E-state index in [4.69, 9.17) is 4.98 Å². The van der Waals surface area contributed by atoms with Crippen molar-refractivity contribution in [3.63, 3.8) is 0 Å². The number of hydrogen-bond donors (Lipinski definition) is 3. The fraction of sp³-hybridized carbons (Fsp3) is 0.370. The average Bonchev–Trinajstić information content (AvgIpc) is 3.71. The first-order chi connectivity index (χ1) is 19.0. The monoisotopic (exact) mass is 546 g/mol. The molecule has 4 aromatic rings. The zero-order valence-electron chi connectivity index (χ0n) is 21.6. The molecule has 0 radical (unpaired) electrons. The van der Waals surface area contributed by atoms with E-state index >= 15 is 0 Å². The summed E-state index contributed by atoms with van der Waals surface area (Å²) in [6.07, 6.45) is 0.696. The summed E-state index contributed by atoms with van der Waals surface area (Å²) in [4.78, 5) is 49.1. The van der Waals surface area contributed by atoms with E-state index in [1.54, 1.807) is 36.6 Å². The molecule has 2 aliphatic rings. The predicted molar refractivity (Wildman–Crippen MR) is 151 cm³/mol. The third-order valence-corrected chi connectivity index (χ3v) is 8.56. The molecule has 2 aliphatic heterocycles. The minimum absolute atomic E-state index is 0.0845. The van der Waals surface area contributed by atoms with Crippen LogP contribution in [0.15, 0.2) is 42.5 Å². The highest BCUT2D eigenvalue weighted by Crippen LogP contribution is 2.29. The van der Waals surface area contributed by atoms with Crippen molar-refractivity contribution in [1.82, 2.24) is 30.3 Å². The van der Waals surface area contributed by atoms with E-state index in [0.717, 1.165) is 29.3 Å². The molecule has 3 N–H and O–H groups in total. The maximum atomic E-state index is 13.0. The fourth-order valence-corrected chi connectivity index (χ4v) is 6.27. The van der Waals surface area contributed by atoms with Crippen LogP contribution in [0.3, 0.4) is 0 Å². The number of thiazole rings is 1. The van der Waals surface area contributed by atoms with Gasteiger partial charge in [0.2, 0.25) is 11.8 Å². The lowest BCUT2D eigenvalue weighted by Crippen LogP contribution is -2.51. The number of benzene rings is 2. The largest absolute Gasteiger partial charge is 0.354 e. The summed E-state index contributed by atoms with van der Waals surface area (Å²) in [5.74, 6) is -0.475. The Morgan fingerprint density at radius 2 is 1.90 bits per heavy atom. The van der Waals surface area contributed by atoms with Crippen molar-refractivity contribution >= 4 is 61.0 Å². The molecular weight excluding hydrogens is 516 g/mol. The minimum Gasteiger partial charge on any atom is -0.354 e. The maximum absolute atomic E-state index is 13.0. The molecule has 2 aromatic carbocycles. The second-order valence-electron chi connectivity index (χ2n) is 9.95. The second kappa shape index (κ2) is 10.6. The molecule has 6 rings (SSSR count). The van der Waals surface area contributed by atoms with Crippen LogP contribution in [0.2, 0.25) is 0 Å². The van der Waals surface area contributed by atoms with E-state index in [-0.39, 0.29) is 29.3 Å². The van der Waals surface area contributed by atoms with Crippen molar-refractivity contribution in [3.05, 3.63) is 48.2 Å². The molecule has 11 nitrogen and oxygen atoms in total. The van der Waals surface area contributed by atoms with E-state index in [1.165, 1.54) is 4.70 Å². The van der Waals surface area contributed by atoms with Crippen LogP contribution in [0.1, 0.15) is 16.9 Å². The summed E-state index contributed by atoms with van der Waals surface area (Å²) in [6, 6.07) is 13.5. The van der Waals surface area contributed by atoms with Gasteiger partial charge in [0.05, 0.1) is 28.2 Å². The van der Waals surface area contributed by atoms with Crippen LogP contribution in [-0.4, -0.2) is 95.6 Å². The smallest absolute Gasteiger partial charge is 0.272 e. The standard InChI is InChI=1S/C27H30N8O3S/c1-28-26(38)24-19-14-18(6-7-20(19)31-32-24)29-25(37)17-8-9-33(15-17)16-23(36)34-10-12-35(13-11-34)27-30-21-4-2-3-5-22(21)39-27/h2-7,14,17H,8-13,15-16H2,1H3,(H,28,38)(H,29,37)(H,31,32)/t17-/m1/s1. The fourth-order valence-electron chi connectivity index (χ4n) is 5.25. The van der Waals surface area contributed by atoms with Gasteiger partial charge in [-0.1, -0.05) is 23.5 Å². The zero-order valence-corrected chi connectivity index (χ0v) is 22.5.